The molecule has 1 aliphatic rings. The molecule has 0 radical (unpaired) electrons. The van der Waals surface area contributed by atoms with Crippen molar-refractivity contribution in [2.45, 2.75) is 45.1 Å². The van der Waals surface area contributed by atoms with Crippen molar-refractivity contribution in [2.24, 2.45) is 11.8 Å². The minimum absolute atomic E-state index is 0.000735. The maximum Gasteiger partial charge on any atom is 0.309 e. The van der Waals surface area contributed by atoms with Gasteiger partial charge in [-0.25, -0.2) is 0 Å². The van der Waals surface area contributed by atoms with Gasteiger partial charge >= 0.3 is 5.97 Å². The van der Waals surface area contributed by atoms with Gasteiger partial charge in [0.25, 0.3) is 0 Å². The summed E-state index contributed by atoms with van der Waals surface area (Å²) >= 11 is 0. The molecule has 0 saturated carbocycles. The number of carboxylic acid groups (broad SMARTS) is 1. The third-order valence-electron chi connectivity index (χ3n) is 3.75. The van der Waals surface area contributed by atoms with Gasteiger partial charge in [0, 0.05) is 6.54 Å². The molecule has 3 N–H and O–H groups in total. The second kappa shape index (κ2) is 5.64. The standard InChI is InChI=1S/C12H23NO3/c1-3-4-5-10(11(14)15)12(16)6-7-13-8-9(12)2/h9-10,13,16H,3-8H2,1-2H3,(H,14,15). The predicted octanol–water partition coefficient (Wildman–Crippen LogP) is 1.24. The van der Waals surface area contributed by atoms with E-state index in [0.29, 0.717) is 25.9 Å². The van der Waals surface area contributed by atoms with Gasteiger partial charge in [-0.05, 0) is 25.3 Å². The highest BCUT2D eigenvalue weighted by Crippen LogP contribution is 2.35. The molecule has 4 heteroatoms. The summed E-state index contributed by atoms with van der Waals surface area (Å²) in [4.78, 5) is 11.3. The maximum atomic E-state index is 11.3. The Bertz CT molecular complexity index is 244. The Morgan fingerprint density at radius 3 is 2.81 bits per heavy atom. The van der Waals surface area contributed by atoms with Gasteiger partial charge in [-0.3, -0.25) is 4.79 Å². The van der Waals surface area contributed by atoms with Crippen LogP contribution in [0.25, 0.3) is 0 Å². The molecule has 1 fully saturated rings. The molecule has 0 bridgehead atoms. The van der Waals surface area contributed by atoms with Gasteiger partial charge in [-0.15, -0.1) is 0 Å². The molecule has 0 spiro atoms. The van der Waals surface area contributed by atoms with Crippen LogP contribution >= 0.6 is 0 Å². The molecule has 0 amide bonds. The summed E-state index contributed by atoms with van der Waals surface area (Å²) in [7, 11) is 0. The SMILES string of the molecule is CCCCC(C(=O)O)C1(O)CCNCC1C. The van der Waals surface area contributed by atoms with Crippen molar-refractivity contribution < 1.29 is 15.0 Å². The van der Waals surface area contributed by atoms with Gasteiger partial charge in [0.2, 0.25) is 0 Å². The van der Waals surface area contributed by atoms with E-state index in [4.69, 9.17) is 0 Å². The van der Waals surface area contributed by atoms with Crippen LogP contribution in [0.3, 0.4) is 0 Å². The summed E-state index contributed by atoms with van der Waals surface area (Å²) in [5, 5.41) is 23.0. The quantitative estimate of drug-likeness (QED) is 0.663. The molecular weight excluding hydrogens is 206 g/mol. The van der Waals surface area contributed by atoms with Crippen molar-refractivity contribution in [3.63, 3.8) is 0 Å². The Balaban J connectivity index is 2.77. The number of hydrogen-bond acceptors (Lipinski definition) is 3. The highest BCUT2D eigenvalue weighted by molar-refractivity contribution is 5.71. The Labute approximate surface area is 97.0 Å². The zero-order valence-electron chi connectivity index (χ0n) is 10.2. The molecule has 3 atom stereocenters. The molecule has 0 aliphatic carbocycles. The van der Waals surface area contributed by atoms with Crippen LogP contribution < -0.4 is 5.32 Å². The fourth-order valence-corrected chi connectivity index (χ4v) is 2.54. The van der Waals surface area contributed by atoms with Crippen LogP contribution in [0.1, 0.15) is 39.5 Å². The summed E-state index contributed by atoms with van der Waals surface area (Å²) in [5.74, 6) is -1.48. The first-order chi connectivity index (χ1) is 7.52. The van der Waals surface area contributed by atoms with E-state index in [0.717, 1.165) is 12.8 Å². The summed E-state index contributed by atoms with van der Waals surface area (Å²) in [6.45, 7) is 5.37. The lowest BCUT2D eigenvalue weighted by molar-refractivity contribution is -0.160. The van der Waals surface area contributed by atoms with Crippen LogP contribution in [0.15, 0.2) is 0 Å². The van der Waals surface area contributed by atoms with E-state index < -0.39 is 17.5 Å². The smallest absolute Gasteiger partial charge is 0.309 e. The highest BCUT2D eigenvalue weighted by atomic mass is 16.4. The summed E-state index contributed by atoms with van der Waals surface area (Å²) in [6.07, 6.45) is 2.94. The van der Waals surface area contributed by atoms with E-state index in [1.54, 1.807) is 0 Å². The number of unbranched alkanes of at least 4 members (excludes halogenated alkanes) is 1. The fourth-order valence-electron chi connectivity index (χ4n) is 2.54. The van der Waals surface area contributed by atoms with Crippen molar-refractivity contribution in [1.82, 2.24) is 5.32 Å². The number of hydrogen-bond donors (Lipinski definition) is 3. The van der Waals surface area contributed by atoms with E-state index in [9.17, 15) is 15.0 Å². The van der Waals surface area contributed by atoms with Crippen LogP contribution in [0.2, 0.25) is 0 Å². The van der Waals surface area contributed by atoms with Crippen LogP contribution in [-0.4, -0.2) is 34.9 Å². The molecule has 0 aromatic carbocycles. The van der Waals surface area contributed by atoms with Crippen LogP contribution in [0.4, 0.5) is 0 Å². The zero-order valence-corrected chi connectivity index (χ0v) is 10.2. The molecule has 0 aromatic rings. The first kappa shape index (κ1) is 13.5. The summed E-state index contributed by atoms with van der Waals surface area (Å²) < 4.78 is 0. The lowest BCUT2D eigenvalue weighted by Gasteiger charge is -2.42. The van der Waals surface area contributed by atoms with E-state index in [2.05, 4.69) is 5.32 Å². The van der Waals surface area contributed by atoms with Gasteiger partial charge in [0.15, 0.2) is 0 Å². The van der Waals surface area contributed by atoms with Crippen molar-refractivity contribution in [3.05, 3.63) is 0 Å². The second-order valence-electron chi connectivity index (χ2n) is 4.88. The second-order valence-corrected chi connectivity index (χ2v) is 4.88. The largest absolute Gasteiger partial charge is 0.481 e. The normalized spacial score (nSPS) is 32.3. The van der Waals surface area contributed by atoms with Crippen LogP contribution in [0, 0.1) is 11.8 Å². The molecule has 1 heterocycles. The minimum Gasteiger partial charge on any atom is -0.481 e. The summed E-state index contributed by atoms with van der Waals surface area (Å²) in [5.41, 5.74) is -1.04. The molecule has 1 aliphatic heterocycles. The van der Waals surface area contributed by atoms with Gasteiger partial charge < -0.3 is 15.5 Å². The van der Waals surface area contributed by atoms with E-state index >= 15 is 0 Å². The third-order valence-corrected chi connectivity index (χ3v) is 3.75. The predicted molar refractivity (Wildman–Crippen MR) is 62.3 cm³/mol. The molecule has 94 valence electrons. The average Bonchev–Trinajstić information content (AvgIpc) is 2.23. The van der Waals surface area contributed by atoms with Crippen molar-refractivity contribution in [1.29, 1.82) is 0 Å². The molecule has 1 saturated heterocycles. The lowest BCUT2D eigenvalue weighted by atomic mass is 9.71. The highest BCUT2D eigenvalue weighted by Gasteiger charge is 2.46. The van der Waals surface area contributed by atoms with Gasteiger partial charge in [0.1, 0.15) is 0 Å². The number of aliphatic carboxylic acids is 1. The van der Waals surface area contributed by atoms with Gasteiger partial charge in [0.05, 0.1) is 11.5 Å². The molecule has 1 rings (SSSR count). The van der Waals surface area contributed by atoms with Gasteiger partial charge in [-0.1, -0.05) is 26.7 Å². The molecule has 0 aromatic heterocycles. The van der Waals surface area contributed by atoms with Crippen molar-refractivity contribution in [3.8, 4) is 0 Å². The topological polar surface area (TPSA) is 69.6 Å². The lowest BCUT2D eigenvalue weighted by Crippen LogP contribution is -2.55. The molecule has 3 unspecified atom stereocenters. The van der Waals surface area contributed by atoms with Gasteiger partial charge in [-0.2, -0.15) is 0 Å². The Kier molecular flexibility index (Phi) is 4.74. The van der Waals surface area contributed by atoms with Crippen LogP contribution in [-0.2, 0) is 4.79 Å². The van der Waals surface area contributed by atoms with Crippen LogP contribution in [0.5, 0.6) is 0 Å². The number of piperidine rings is 1. The fraction of sp³-hybridized carbons (Fsp3) is 0.917. The Morgan fingerprint density at radius 2 is 2.31 bits per heavy atom. The van der Waals surface area contributed by atoms with Crippen molar-refractivity contribution >= 4 is 5.97 Å². The number of aliphatic hydroxyl groups is 1. The number of rotatable bonds is 5. The first-order valence-electron chi connectivity index (χ1n) is 6.18. The van der Waals surface area contributed by atoms with Crippen molar-refractivity contribution in [2.75, 3.05) is 13.1 Å². The van der Waals surface area contributed by atoms with E-state index in [1.807, 2.05) is 13.8 Å². The Morgan fingerprint density at radius 1 is 1.62 bits per heavy atom. The van der Waals surface area contributed by atoms with E-state index in [-0.39, 0.29) is 5.92 Å². The first-order valence-corrected chi connectivity index (χ1v) is 6.18. The number of carbonyl (C=O) groups is 1. The summed E-state index contributed by atoms with van der Waals surface area (Å²) in [6, 6.07) is 0. The average molecular weight is 229 g/mol. The van der Waals surface area contributed by atoms with E-state index in [1.165, 1.54) is 0 Å². The number of carboxylic acids is 1. The molecule has 4 nitrogen and oxygen atoms in total. The minimum atomic E-state index is -1.04. The molecule has 16 heavy (non-hydrogen) atoms. The molecular formula is C12H23NO3. The zero-order chi connectivity index (χ0) is 12.2. The monoisotopic (exact) mass is 229 g/mol. The Hall–Kier alpha value is -0.610. The number of nitrogens with one attached hydrogen (secondary N) is 1. The third kappa shape index (κ3) is 2.74. The maximum absolute atomic E-state index is 11.3.